The van der Waals surface area contributed by atoms with Crippen molar-refractivity contribution in [1.82, 2.24) is 9.80 Å². The molecular weight excluding hydrogens is 280 g/mol. The van der Waals surface area contributed by atoms with Gasteiger partial charge in [-0.2, -0.15) is 0 Å². The van der Waals surface area contributed by atoms with Gasteiger partial charge in [0.15, 0.2) is 0 Å². The van der Waals surface area contributed by atoms with Crippen molar-refractivity contribution in [2.24, 2.45) is 22.9 Å². The largest absolute Gasteiger partial charge is 0.390 e. The molecule has 0 heterocycles. The highest BCUT2D eigenvalue weighted by Crippen LogP contribution is 2.01. The average Bonchev–Trinajstić information content (AvgIpc) is 2.52. The maximum atomic E-state index is 10.4. The highest BCUT2D eigenvalue weighted by molar-refractivity contribution is 4.71. The van der Waals surface area contributed by atoms with Gasteiger partial charge >= 0.3 is 0 Å². The topological polar surface area (TPSA) is 131 Å². The molecule has 0 spiro atoms. The smallest absolute Gasteiger partial charge is 0.0793 e. The SMILES string of the molecule is NCCCN(CCCN)CC(O)CN(CCCN)CCCN. The van der Waals surface area contributed by atoms with Crippen LogP contribution in [-0.4, -0.2) is 86.5 Å². The van der Waals surface area contributed by atoms with E-state index in [2.05, 4.69) is 9.80 Å². The molecule has 9 N–H and O–H groups in total. The fourth-order valence-corrected chi connectivity index (χ4v) is 2.50. The molecular formula is C15H38N6O. The van der Waals surface area contributed by atoms with E-state index in [1.54, 1.807) is 0 Å². The first-order valence-corrected chi connectivity index (χ1v) is 8.61. The Morgan fingerprint density at radius 1 is 0.591 bits per heavy atom. The number of nitrogens with zero attached hydrogens (tertiary/aromatic N) is 2. The van der Waals surface area contributed by atoms with E-state index in [4.69, 9.17) is 22.9 Å². The first-order valence-electron chi connectivity index (χ1n) is 8.61. The standard InChI is InChI=1S/C15H38N6O/c16-5-1-9-20(10-2-6-17)13-15(22)14-21(11-3-7-18)12-4-8-19/h15,22H,1-14,16-19H2. The van der Waals surface area contributed by atoms with E-state index in [1.165, 1.54) is 0 Å². The summed E-state index contributed by atoms with van der Waals surface area (Å²) in [5, 5.41) is 10.4. The van der Waals surface area contributed by atoms with Crippen LogP contribution in [0, 0.1) is 0 Å². The molecule has 134 valence electrons. The molecule has 22 heavy (non-hydrogen) atoms. The summed E-state index contributed by atoms with van der Waals surface area (Å²) in [7, 11) is 0. The van der Waals surface area contributed by atoms with Crippen molar-refractivity contribution in [1.29, 1.82) is 0 Å². The molecule has 0 saturated heterocycles. The molecule has 0 radical (unpaired) electrons. The van der Waals surface area contributed by atoms with Crippen molar-refractivity contribution < 1.29 is 5.11 Å². The summed E-state index contributed by atoms with van der Waals surface area (Å²) in [5.74, 6) is 0. The number of hydrogen-bond acceptors (Lipinski definition) is 7. The van der Waals surface area contributed by atoms with Crippen molar-refractivity contribution in [2.75, 3.05) is 65.4 Å². The van der Waals surface area contributed by atoms with Crippen molar-refractivity contribution >= 4 is 0 Å². The predicted molar refractivity (Wildman–Crippen MR) is 93.6 cm³/mol. The molecule has 7 nitrogen and oxygen atoms in total. The molecule has 0 amide bonds. The van der Waals surface area contributed by atoms with E-state index >= 15 is 0 Å². The Kier molecular flexibility index (Phi) is 15.4. The van der Waals surface area contributed by atoms with Crippen LogP contribution in [0.3, 0.4) is 0 Å². The number of aliphatic hydroxyl groups excluding tert-OH is 1. The lowest BCUT2D eigenvalue weighted by Gasteiger charge is -2.29. The van der Waals surface area contributed by atoms with Crippen molar-refractivity contribution in [3.63, 3.8) is 0 Å². The molecule has 0 aliphatic heterocycles. The lowest BCUT2D eigenvalue weighted by atomic mass is 10.2. The molecule has 0 bridgehead atoms. The van der Waals surface area contributed by atoms with Crippen molar-refractivity contribution in [3.05, 3.63) is 0 Å². The van der Waals surface area contributed by atoms with Gasteiger partial charge in [-0.25, -0.2) is 0 Å². The quantitative estimate of drug-likeness (QED) is 0.230. The van der Waals surface area contributed by atoms with E-state index in [0.29, 0.717) is 39.3 Å². The Hall–Kier alpha value is -0.280. The van der Waals surface area contributed by atoms with Gasteiger partial charge in [0.2, 0.25) is 0 Å². The first-order chi connectivity index (χ1) is 10.7. The Bertz CT molecular complexity index is 194. The minimum atomic E-state index is -0.369. The lowest BCUT2D eigenvalue weighted by molar-refractivity contribution is 0.0725. The Morgan fingerprint density at radius 3 is 1.09 bits per heavy atom. The Balaban J connectivity index is 4.24. The summed E-state index contributed by atoms with van der Waals surface area (Å²) in [6.07, 6.45) is 3.41. The molecule has 0 aromatic carbocycles. The Morgan fingerprint density at radius 2 is 0.864 bits per heavy atom. The minimum absolute atomic E-state index is 0.369. The van der Waals surface area contributed by atoms with Crippen molar-refractivity contribution in [3.8, 4) is 0 Å². The second kappa shape index (κ2) is 15.6. The molecule has 0 rings (SSSR count). The highest BCUT2D eigenvalue weighted by atomic mass is 16.3. The number of rotatable bonds is 16. The van der Waals surface area contributed by atoms with E-state index in [1.807, 2.05) is 0 Å². The zero-order valence-electron chi connectivity index (χ0n) is 14.1. The summed E-state index contributed by atoms with van der Waals surface area (Å²) < 4.78 is 0. The molecule has 0 atom stereocenters. The molecule has 0 fully saturated rings. The summed E-state index contributed by atoms with van der Waals surface area (Å²) in [5.41, 5.74) is 22.3. The monoisotopic (exact) mass is 318 g/mol. The van der Waals surface area contributed by atoms with E-state index in [9.17, 15) is 5.11 Å². The van der Waals surface area contributed by atoms with Crippen LogP contribution in [0.25, 0.3) is 0 Å². The second-order valence-corrected chi connectivity index (χ2v) is 5.82. The third kappa shape index (κ3) is 12.3. The minimum Gasteiger partial charge on any atom is -0.390 e. The summed E-state index contributed by atoms with van der Waals surface area (Å²) >= 11 is 0. The first kappa shape index (κ1) is 21.7. The number of hydrogen-bond donors (Lipinski definition) is 5. The third-order valence-corrected chi connectivity index (χ3v) is 3.65. The van der Waals surface area contributed by atoms with E-state index in [0.717, 1.165) is 51.9 Å². The normalized spacial score (nSPS) is 12.0. The summed E-state index contributed by atoms with van der Waals surface area (Å²) in [4.78, 5) is 4.52. The maximum Gasteiger partial charge on any atom is 0.0793 e. The van der Waals surface area contributed by atoms with Gasteiger partial charge in [0, 0.05) is 13.1 Å². The Labute approximate surface area is 136 Å². The van der Waals surface area contributed by atoms with Crippen LogP contribution >= 0.6 is 0 Å². The van der Waals surface area contributed by atoms with Gasteiger partial charge in [0.05, 0.1) is 6.10 Å². The van der Waals surface area contributed by atoms with Gasteiger partial charge in [0.1, 0.15) is 0 Å². The van der Waals surface area contributed by atoms with Gasteiger partial charge in [-0.05, 0) is 78.0 Å². The number of aliphatic hydroxyl groups is 1. The van der Waals surface area contributed by atoms with Gasteiger partial charge in [-0.3, -0.25) is 0 Å². The molecule has 0 saturated carbocycles. The maximum absolute atomic E-state index is 10.4. The van der Waals surface area contributed by atoms with Crippen LogP contribution in [0.4, 0.5) is 0 Å². The van der Waals surface area contributed by atoms with E-state index < -0.39 is 0 Å². The predicted octanol–water partition coefficient (Wildman–Crippen LogP) is -1.65. The van der Waals surface area contributed by atoms with Gasteiger partial charge in [0.25, 0.3) is 0 Å². The zero-order chi connectivity index (χ0) is 16.6. The second-order valence-electron chi connectivity index (χ2n) is 5.82. The highest BCUT2D eigenvalue weighted by Gasteiger charge is 2.15. The summed E-state index contributed by atoms with van der Waals surface area (Å²) in [6.45, 7) is 7.70. The molecule has 0 aromatic heterocycles. The summed E-state index contributed by atoms with van der Waals surface area (Å²) in [6, 6.07) is 0. The van der Waals surface area contributed by atoms with E-state index in [-0.39, 0.29) is 6.10 Å². The van der Waals surface area contributed by atoms with Crippen molar-refractivity contribution in [2.45, 2.75) is 31.8 Å². The van der Waals surface area contributed by atoms with Crippen LogP contribution in [0.15, 0.2) is 0 Å². The van der Waals surface area contributed by atoms with Crippen LogP contribution in [0.2, 0.25) is 0 Å². The fraction of sp³-hybridized carbons (Fsp3) is 1.00. The molecule has 0 aliphatic rings. The molecule has 7 heteroatoms. The van der Waals surface area contributed by atoms with Gasteiger partial charge in [-0.1, -0.05) is 0 Å². The number of nitrogens with two attached hydrogens (primary N) is 4. The molecule has 0 unspecified atom stereocenters. The fourth-order valence-electron chi connectivity index (χ4n) is 2.50. The third-order valence-electron chi connectivity index (χ3n) is 3.65. The van der Waals surface area contributed by atoms with Gasteiger partial charge < -0.3 is 37.8 Å². The lowest BCUT2D eigenvalue weighted by Crippen LogP contribution is -2.42. The van der Waals surface area contributed by atoms with Crippen LogP contribution in [0.1, 0.15) is 25.7 Å². The molecule has 0 aromatic rings. The van der Waals surface area contributed by atoms with Crippen LogP contribution in [-0.2, 0) is 0 Å². The van der Waals surface area contributed by atoms with Gasteiger partial charge in [-0.15, -0.1) is 0 Å². The molecule has 0 aliphatic carbocycles. The van der Waals surface area contributed by atoms with Crippen LogP contribution < -0.4 is 22.9 Å². The zero-order valence-corrected chi connectivity index (χ0v) is 14.1. The van der Waals surface area contributed by atoms with Crippen LogP contribution in [0.5, 0.6) is 0 Å². The average molecular weight is 319 g/mol.